The molecule has 0 bridgehead atoms. The zero-order valence-electron chi connectivity index (χ0n) is 22.0. The molecular weight excluding hydrogens is 496 g/mol. The fourth-order valence-corrected chi connectivity index (χ4v) is 6.59. The van der Waals surface area contributed by atoms with E-state index in [-0.39, 0.29) is 17.7 Å². The number of carbonyl (C=O) groups excluding carboxylic acids is 3. The number of aromatic amines is 1. The van der Waals surface area contributed by atoms with Crippen LogP contribution >= 0.6 is 0 Å². The first kappa shape index (κ1) is 25.2. The van der Waals surface area contributed by atoms with Crippen LogP contribution in [-0.4, -0.2) is 68.3 Å². The molecule has 39 heavy (non-hydrogen) atoms. The summed E-state index contributed by atoms with van der Waals surface area (Å²) < 4.78 is 0. The number of likely N-dealkylation sites (tertiary alicyclic amines) is 1. The van der Waals surface area contributed by atoms with Gasteiger partial charge in [-0.2, -0.15) is 0 Å². The minimum Gasteiger partial charge on any atom is -0.480 e. The van der Waals surface area contributed by atoms with E-state index in [4.69, 9.17) is 0 Å². The van der Waals surface area contributed by atoms with Gasteiger partial charge in [-0.3, -0.25) is 14.4 Å². The summed E-state index contributed by atoms with van der Waals surface area (Å²) in [5, 5.41) is 13.6. The highest BCUT2D eigenvalue weighted by Gasteiger charge is 2.49. The van der Waals surface area contributed by atoms with Crippen LogP contribution in [-0.2, 0) is 20.8 Å². The number of carboxylic acid groups (broad SMARTS) is 1. The third-order valence-corrected chi connectivity index (χ3v) is 8.30. The Hall–Kier alpha value is -4.14. The molecule has 3 aliphatic rings. The SMILES string of the molecule is CC(C)C[C@H](NC(=O)[C@@H]1Cc2c([nH]c3ccccc23)[C@H]2c3ccccc3C(=O)N21)C(=O)N1CCC[C@@H]1C(=O)O. The lowest BCUT2D eigenvalue weighted by atomic mass is 9.89. The third kappa shape index (κ3) is 4.07. The molecule has 3 aliphatic heterocycles. The average molecular weight is 529 g/mol. The molecule has 1 aromatic heterocycles. The first-order valence-corrected chi connectivity index (χ1v) is 13.6. The van der Waals surface area contributed by atoms with Gasteiger partial charge in [0, 0.05) is 35.1 Å². The largest absolute Gasteiger partial charge is 0.480 e. The lowest BCUT2D eigenvalue weighted by Gasteiger charge is -2.38. The molecule has 4 atom stereocenters. The number of hydrogen-bond acceptors (Lipinski definition) is 4. The Bertz CT molecular complexity index is 1490. The van der Waals surface area contributed by atoms with Gasteiger partial charge < -0.3 is 25.2 Å². The molecule has 0 spiro atoms. The molecule has 1 fully saturated rings. The standard InChI is InChI=1S/C30H32N4O5/c1-16(2)14-22(29(37)33-13-7-12-23(33)30(38)39)32-27(35)24-15-20-17-8-5-6-11-21(17)31-25(20)26-18-9-3-4-10-19(18)28(36)34(24)26/h3-6,8-11,16,22-24,26,31H,7,12-15H2,1-2H3,(H,32,35)(H,38,39)/t22-,23+,24-,26+/m0/s1. The van der Waals surface area contributed by atoms with Gasteiger partial charge >= 0.3 is 5.97 Å². The zero-order chi connectivity index (χ0) is 27.4. The summed E-state index contributed by atoms with van der Waals surface area (Å²) in [7, 11) is 0. The van der Waals surface area contributed by atoms with Crippen LogP contribution in [0.3, 0.4) is 0 Å². The number of rotatable bonds is 6. The summed E-state index contributed by atoms with van der Waals surface area (Å²) in [5.74, 6) is -1.93. The Labute approximate surface area is 226 Å². The molecule has 2 aromatic carbocycles. The molecule has 3 N–H and O–H groups in total. The first-order chi connectivity index (χ1) is 18.8. The van der Waals surface area contributed by atoms with E-state index < -0.39 is 36.0 Å². The van der Waals surface area contributed by atoms with E-state index >= 15 is 0 Å². The number of aromatic nitrogens is 1. The van der Waals surface area contributed by atoms with Crippen molar-refractivity contribution in [1.29, 1.82) is 0 Å². The van der Waals surface area contributed by atoms with Crippen LogP contribution in [0.4, 0.5) is 0 Å². The van der Waals surface area contributed by atoms with Crippen LogP contribution in [0.15, 0.2) is 48.5 Å². The number of hydrogen-bond donors (Lipinski definition) is 3. The lowest BCUT2D eigenvalue weighted by molar-refractivity contribution is -0.149. The van der Waals surface area contributed by atoms with Gasteiger partial charge in [0.25, 0.3) is 5.91 Å². The monoisotopic (exact) mass is 528 g/mol. The van der Waals surface area contributed by atoms with Crippen molar-refractivity contribution in [2.75, 3.05) is 6.54 Å². The number of fused-ring (bicyclic) bond motifs is 7. The smallest absolute Gasteiger partial charge is 0.326 e. The Morgan fingerprint density at radius 1 is 1.08 bits per heavy atom. The Morgan fingerprint density at radius 2 is 1.82 bits per heavy atom. The summed E-state index contributed by atoms with van der Waals surface area (Å²) in [6.45, 7) is 4.27. The molecular formula is C30H32N4O5. The van der Waals surface area contributed by atoms with E-state index in [1.54, 1.807) is 11.0 Å². The molecule has 3 amide bonds. The number of carboxylic acids is 1. The average Bonchev–Trinajstić information content (AvgIpc) is 3.62. The van der Waals surface area contributed by atoms with Crippen molar-refractivity contribution >= 4 is 34.6 Å². The highest BCUT2D eigenvalue weighted by atomic mass is 16.4. The zero-order valence-corrected chi connectivity index (χ0v) is 22.0. The number of nitrogens with one attached hydrogen (secondary N) is 2. The molecule has 202 valence electrons. The minimum absolute atomic E-state index is 0.0853. The molecule has 0 radical (unpaired) electrons. The predicted molar refractivity (Wildman–Crippen MR) is 144 cm³/mol. The third-order valence-electron chi connectivity index (χ3n) is 8.30. The second-order valence-corrected chi connectivity index (χ2v) is 11.2. The number of amides is 3. The predicted octanol–water partition coefficient (Wildman–Crippen LogP) is 3.24. The van der Waals surface area contributed by atoms with E-state index in [0.29, 0.717) is 37.8 Å². The summed E-state index contributed by atoms with van der Waals surface area (Å²) in [6.07, 6.45) is 1.69. The maximum atomic E-state index is 14.0. The summed E-state index contributed by atoms with van der Waals surface area (Å²) in [6, 6.07) is 12.3. The van der Waals surface area contributed by atoms with Crippen molar-refractivity contribution < 1.29 is 24.3 Å². The Balaban J connectivity index is 1.36. The maximum absolute atomic E-state index is 14.0. The molecule has 6 rings (SSSR count). The highest BCUT2D eigenvalue weighted by molar-refractivity contribution is 6.04. The molecule has 9 nitrogen and oxygen atoms in total. The Kier molecular flexibility index (Phi) is 6.16. The second-order valence-electron chi connectivity index (χ2n) is 11.2. The number of para-hydroxylation sites is 1. The van der Waals surface area contributed by atoms with Gasteiger partial charge in [-0.15, -0.1) is 0 Å². The molecule has 9 heteroatoms. The minimum atomic E-state index is -1.03. The fourth-order valence-electron chi connectivity index (χ4n) is 6.59. The van der Waals surface area contributed by atoms with Gasteiger partial charge in [0.2, 0.25) is 11.8 Å². The molecule has 0 aliphatic carbocycles. The summed E-state index contributed by atoms with van der Waals surface area (Å²) in [5.41, 5.74) is 4.28. The highest BCUT2D eigenvalue weighted by Crippen LogP contribution is 2.46. The molecule has 3 aromatic rings. The molecule has 0 unspecified atom stereocenters. The number of carbonyl (C=O) groups is 4. The normalized spacial score (nSPS) is 22.5. The van der Waals surface area contributed by atoms with Crippen molar-refractivity contribution in [2.24, 2.45) is 5.92 Å². The first-order valence-electron chi connectivity index (χ1n) is 13.6. The quantitative estimate of drug-likeness (QED) is 0.453. The van der Waals surface area contributed by atoms with Gasteiger partial charge in [0.15, 0.2) is 0 Å². The van der Waals surface area contributed by atoms with Crippen LogP contribution in [0.25, 0.3) is 10.9 Å². The van der Waals surface area contributed by atoms with E-state index in [0.717, 1.165) is 27.7 Å². The van der Waals surface area contributed by atoms with Crippen molar-refractivity contribution in [3.05, 3.63) is 70.9 Å². The lowest BCUT2D eigenvalue weighted by Crippen LogP contribution is -2.58. The van der Waals surface area contributed by atoms with Gasteiger partial charge in [-0.05, 0) is 48.4 Å². The number of aliphatic carboxylic acids is 1. The van der Waals surface area contributed by atoms with E-state index in [9.17, 15) is 24.3 Å². The topological polar surface area (TPSA) is 123 Å². The van der Waals surface area contributed by atoms with E-state index in [2.05, 4.69) is 10.3 Å². The van der Waals surface area contributed by atoms with Crippen LogP contribution in [0, 0.1) is 5.92 Å². The van der Waals surface area contributed by atoms with Gasteiger partial charge in [-0.25, -0.2) is 4.79 Å². The van der Waals surface area contributed by atoms with E-state index in [1.165, 1.54) is 4.90 Å². The number of benzene rings is 2. The fraction of sp³-hybridized carbons (Fsp3) is 0.400. The van der Waals surface area contributed by atoms with Crippen LogP contribution in [0.1, 0.15) is 66.3 Å². The van der Waals surface area contributed by atoms with Crippen molar-refractivity contribution in [1.82, 2.24) is 20.1 Å². The van der Waals surface area contributed by atoms with Gasteiger partial charge in [0.05, 0.1) is 6.04 Å². The van der Waals surface area contributed by atoms with Crippen molar-refractivity contribution in [3.63, 3.8) is 0 Å². The maximum Gasteiger partial charge on any atom is 0.326 e. The van der Waals surface area contributed by atoms with Crippen LogP contribution in [0.2, 0.25) is 0 Å². The summed E-state index contributed by atoms with van der Waals surface area (Å²) >= 11 is 0. The molecule has 0 saturated carbocycles. The van der Waals surface area contributed by atoms with Crippen molar-refractivity contribution in [3.8, 4) is 0 Å². The van der Waals surface area contributed by atoms with Crippen LogP contribution < -0.4 is 5.32 Å². The van der Waals surface area contributed by atoms with E-state index in [1.807, 2.05) is 56.3 Å². The number of nitrogens with zero attached hydrogens (tertiary/aromatic N) is 2. The summed E-state index contributed by atoms with van der Waals surface area (Å²) in [4.78, 5) is 59.6. The number of H-pyrrole nitrogens is 1. The Morgan fingerprint density at radius 3 is 2.59 bits per heavy atom. The molecule has 1 saturated heterocycles. The van der Waals surface area contributed by atoms with Gasteiger partial charge in [0.1, 0.15) is 18.1 Å². The van der Waals surface area contributed by atoms with Gasteiger partial charge in [-0.1, -0.05) is 50.2 Å². The van der Waals surface area contributed by atoms with Crippen molar-refractivity contribution in [2.45, 2.75) is 63.7 Å². The second kappa shape index (κ2) is 9.55. The van der Waals surface area contributed by atoms with Crippen LogP contribution in [0.5, 0.6) is 0 Å². The molecule has 4 heterocycles.